The van der Waals surface area contributed by atoms with E-state index in [0.717, 1.165) is 6.54 Å². The van der Waals surface area contributed by atoms with Crippen molar-refractivity contribution in [3.05, 3.63) is 96.6 Å². The quantitative estimate of drug-likeness (QED) is 0.477. The van der Waals surface area contributed by atoms with Crippen LogP contribution in [-0.2, 0) is 6.54 Å². The molecule has 0 bridgehead atoms. The van der Waals surface area contributed by atoms with Gasteiger partial charge >= 0.3 is 0 Å². The van der Waals surface area contributed by atoms with E-state index in [1.54, 1.807) is 0 Å². The molecule has 0 unspecified atom stereocenters. The zero-order valence-corrected chi connectivity index (χ0v) is 12.3. The first kappa shape index (κ1) is 12.9. The molecule has 3 aromatic carbocycles. The molecule has 4 rings (SSSR count). The second-order valence-electron chi connectivity index (χ2n) is 5.53. The molecule has 1 aromatic heterocycles. The minimum atomic E-state index is 0.887. The van der Waals surface area contributed by atoms with Crippen LogP contribution >= 0.6 is 0 Å². The summed E-state index contributed by atoms with van der Waals surface area (Å²) in [5.74, 6) is 0. The lowest BCUT2D eigenvalue weighted by Gasteiger charge is -2.11. The molecule has 4 aromatic rings. The van der Waals surface area contributed by atoms with Gasteiger partial charge in [-0.15, -0.1) is 0 Å². The molecule has 0 fully saturated rings. The van der Waals surface area contributed by atoms with Gasteiger partial charge in [0, 0.05) is 23.1 Å². The van der Waals surface area contributed by atoms with Gasteiger partial charge in [0.05, 0.1) is 0 Å². The predicted molar refractivity (Wildman–Crippen MR) is 92.9 cm³/mol. The summed E-state index contributed by atoms with van der Waals surface area (Å²) in [6.45, 7) is 0.887. The van der Waals surface area contributed by atoms with Crippen molar-refractivity contribution in [1.29, 1.82) is 0 Å². The fraction of sp³-hybridized carbons (Fsp3) is 0.0476. The molecule has 0 N–H and O–H groups in total. The summed E-state index contributed by atoms with van der Waals surface area (Å²) in [5.41, 5.74) is 5.13. The predicted octanol–water partition coefficient (Wildman–Crippen LogP) is 5.36. The normalized spacial score (nSPS) is 10.9. The summed E-state index contributed by atoms with van der Waals surface area (Å²) in [6, 6.07) is 32.1. The monoisotopic (exact) mass is 283 g/mol. The molecule has 0 radical (unpaired) electrons. The first-order chi connectivity index (χ1) is 10.9. The summed E-state index contributed by atoms with van der Waals surface area (Å²) >= 11 is 0. The van der Waals surface area contributed by atoms with Gasteiger partial charge in [0.1, 0.15) is 0 Å². The highest BCUT2D eigenvalue weighted by molar-refractivity contribution is 5.87. The fourth-order valence-corrected chi connectivity index (χ4v) is 2.99. The van der Waals surface area contributed by atoms with Crippen molar-refractivity contribution in [3.63, 3.8) is 0 Å². The molecule has 22 heavy (non-hydrogen) atoms. The van der Waals surface area contributed by atoms with Crippen LogP contribution in [0.3, 0.4) is 0 Å². The van der Waals surface area contributed by atoms with Gasteiger partial charge in [-0.1, -0.05) is 78.9 Å². The molecule has 0 aliphatic carbocycles. The van der Waals surface area contributed by atoms with Crippen LogP contribution in [0.4, 0.5) is 0 Å². The number of para-hydroxylation sites is 1. The van der Waals surface area contributed by atoms with Crippen molar-refractivity contribution in [2.24, 2.45) is 0 Å². The first-order valence-electron chi connectivity index (χ1n) is 7.59. The molecule has 0 atom stereocenters. The van der Waals surface area contributed by atoms with Crippen LogP contribution in [0.15, 0.2) is 91.0 Å². The van der Waals surface area contributed by atoms with Crippen molar-refractivity contribution in [2.45, 2.75) is 6.54 Å². The topological polar surface area (TPSA) is 4.93 Å². The van der Waals surface area contributed by atoms with E-state index in [4.69, 9.17) is 0 Å². The van der Waals surface area contributed by atoms with Crippen molar-refractivity contribution >= 4 is 10.9 Å². The number of hydrogen-bond acceptors (Lipinski definition) is 0. The highest BCUT2D eigenvalue weighted by Gasteiger charge is 2.10. The highest BCUT2D eigenvalue weighted by atomic mass is 15.0. The molecule has 1 heteroatoms. The fourth-order valence-electron chi connectivity index (χ4n) is 2.99. The lowest BCUT2D eigenvalue weighted by molar-refractivity contribution is 0.845. The summed E-state index contributed by atoms with van der Waals surface area (Å²) < 4.78 is 2.40. The molecule has 0 saturated carbocycles. The Kier molecular flexibility index (Phi) is 3.24. The van der Waals surface area contributed by atoms with Crippen molar-refractivity contribution < 1.29 is 0 Å². The van der Waals surface area contributed by atoms with E-state index >= 15 is 0 Å². The third kappa shape index (κ3) is 2.31. The molecule has 0 spiro atoms. The molecule has 106 valence electrons. The van der Waals surface area contributed by atoms with Gasteiger partial charge < -0.3 is 4.57 Å². The molecule has 0 amide bonds. The summed E-state index contributed by atoms with van der Waals surface area (Å²) in [6.07, 6.45) is 0. The van der Waals surface area contributed by atoms with Crippen molar-refractivity contribution in [3.8, 4) is 11.3 Å². The van der Waals surface area contributed by atoms with Gasteiger partial charge in [-0.05, 0) is 23.3 Å². The Morgan fingerprint density at radius 3 is 2.05 bits per heavy atom. The number of benzene rings is 3. The third-order valence-corrected chi connectivity index (χ3v) is 4.06. The van der Waals surface area contributed by atoms with E-state index in [1.165, 1.54) is 27.7 Å². The standard InChI is InChI=1S/C21H17N/c1-3-9-17(10-4-1)16-22-20-14-8-7-13-19(20)15-21(22)18-11-5-2-6-12-18/h1-15H,16H2. The Labute approximate surface area is 130 Å². The molecular formula is C21H17N. The zero-order valence-electron chi connectivity index (χ0n) is 12.3. The Morgan fingerprint density at radius 2 is 1.27 bits per heavy atom. The zero-order chi connectivity index (χ0) is 14.8. The van der Waals surface area contributed by atoms with Crippen LogP contribution in [0.1, 0.15) is 5.56 Å². The maximum absolute atomic E-state index is 2.40. The van der Waals surface area contributed by atoms with E-state index in [2.05, 4.69) is 95.6 Å². The maximum atomic E-state index is 2.40. The number of hydrogen-bond donors (Lipinski definition) is 0. The van der Waals surface area contributed by atoms with Crippen LogP contribution in [0, 0.1) is 0 Å². The number of rotatable bonds is 3. The van der Waals surface area contributed by atoms with E-state index in [0.29, 0.717) is 0 Å². The van der Waals surface area contributed by atoms with Gasteiger partial charge in [-0.25, -0.2) is 0 Å². The second-order valence-corrected chi connectivity index (χ2v) is 5.53. The van der Waals surface area contributed by atoms with E-state index in [1.807, 2.05) is 0 Å². The Hall–Kier alpha value is -2.80. The number of nitrogens with zero attached hydrogens (tertiary/aromatic N) is 1. The number of aromatic nitrogens is 1. The largest absolute Gasteiger partial charge is 0.336 e. The minimum Gasteiger partial charge on any atom is -0.336 e. The Bertz CT molecular complexity index is 889. The second kappa shape index (κ2) is 5.53. The Morgan fingerprint density at radius 1 is 0.636 bits per heavy atom. The van der Waals surface area contributed by atoms with Crippen LogP contribution < -0.4 is 0 Å². The SMILES string of the molecule is c1ccc(Cn2c(-c3ccccc3)cc3ccccc32)cc1. The molecule has 1 nitrogen and oxygen atoms in total. The van der Waals surface area contributed by atoms with Crippen LogP contribution in [0.2, 0.25) is 0 Å². The third-order valence-electron chi connectivity index (χ3n) is 4.06. The summed E-state index contributed by atoms with van der Waals surface area (Å²) in [4.78, 5) is 0. The lowest BCUT2D eigenvalue weighted by atomic mass is 10.1. The first-order valence-corrected chi connectivity index (χ1v) is 7.59. The van der Waals surface area contributed by atoms with Gasteiger partial charge in [-0.2, -0.15) is 0 Å². The highest BCUT2D eigenvalue weighted by Crippen LogP contribution is 2.29. The van der Waals surface area contributed by atoms with E-state index in [9.17, 15) is 0 Å². The summed E-state index contributed by atoms with van der Waals surface area (Å²) in [5, 5.41) is 1.29. The number of fused-ring (bicyclic) bond motifs is 1. The smallest absolute Gasteiger partial charge is 0.0494 e. The molecule has 0 aliphatic rings. The molecule has 1 heterocycles. The lowest BCUT2D eigenvalue weighted by Crippen LogP contribution is -2.01. The van der Waals surface area contributed by atoms with Crippen molar-refractivity contribution in [1.82, 2.24) is 4.57 Å². The summed E-state index contributed by atoms with van der Waals surface area (Å²) in [7, 11) is 0. The molecule has 0 saturated heterocycles. The average Bonchev–Trinajstić information content (AvgIpc) is 2.95. The minimum absolute atomic E-state index is 0.887. The van der Waals surface area contributed by atoms with Crippen LogP contribution in [-0.4, -0.2) is 4.57 Å². The van der Waals surface area contributed by atoms with E-state index < -0.39 is 0 Å². The molecule has 0 aliphatic heterocycles. The van der Waals surface area contributed by atoms with E-state index in [-0.39, 0.29) is 0 Å². The van der Waals surface area contributed by atoms with Gasteiger partial charge in [0.25, 0.3) is 0 Å². The van der Waals surface area contributed by atoms with Gasteiger partial charge in [-0.3, -0.25) is 0 Å². The average molecular weight is 283 g/mol. The maximum Gasteiger partial charge on any atom is 0.0494 e. The van der Waals surface area contributed by atoms with Crippen LogP contribution in [0.25, 0.3) is 22.2 Å². The van der Waals surface area contributed by atoms with Gasteiger partial charge in [0.15, 0.2) is 0 Å². The molecular weight excluding hydrogens is 266 g/mol. The Balaban J connectivity index is 1.91. The van der Waals surface area contributed by atoms with Gasteiger partial charge in [0.2, 0.25) is 0 Å². The van der Waals surface area contributed by atoms with Crippen LogP contribution in [0.5, 0.6) is 0 Å². The van der Waals surface area contributed by atoms with Crippen molar-refractivity contribution in [2.75, 3.05) is 0 Å².